The predicted octanol–water partition coefficient (Wildman–Crippen LogP) is 2.26. The number of amides is 1. The summed E-state index contributed by atoms with van der Waals surface area (Å²) in [7, 11) is 0. The number of rotatable bonds is 5. The zero-order valence-electron chi connectivity index (χ0n) is 13.0. The van der Waals surface area contributed by atoms with Crippen molar-refractivity contribution >= 4 is 11.7 Å². The van der Waals surface area contributed by atoms with Gasteiger partial charge in [-0.2, -0.15) is 0 Å². The zero-order valence-corrected chi connectivity index (χ0v) is 13.0. The molecule has 1 atom stereocenters. The van der Waals surface area contributed by atoms with Crippen LogP contribution in [-0.2, 0) is 11.2 Å². The highest BCUT2D eigenvalue weighted by atomic mass is 16.5. The van der Waals surface area contributed by atoms with Crippen LogP contribution in [0.1, 0.15) is 49.2 Å². The lowest BCUT2D eigenvalue weighted by atomic mass is 10.1. The van der Waals surface area contributed by atoms with Gasteiger partial charge < -0.3 is 15.4 Å². The molecule has 0 aromatic carbocycles. The minimum atomic E-state index is 0.0311. The van der Waals surface area contributed by atoms with E-state index in [9.17, 15) is 4.79 Å². The third kappa shape index (κ3) is 4.17. The van der Waals surface area contributed by atoms with Gasteiger partial charge in [-0.25, -0.2) is 4.98 Å². The number of carbonyl (C=O) groups excluding carboxylic acids is 1. The number of aromatic nitrogens is 1. The van der Waals surface area contributed by atoms with E-state index in [-0.39, 0.29) is 12.0 Å². The Hall–Kier alpha value is -1.62. The quantitative estimate of drug-likeness (QED) is 0.903. The van der Waals surface area contributed by atoms with E-state index in [1.54, 1.807) is 6.07 Å². The summed E-state index contributed by atoms with van der Waals surface area (Å²) in [6.07, 6.45) is 3.95. The Morgan fingerprint density at radius 1 is 1.48 bits per heavy atom. The fourth-order valence-corrected chi connectivity index (χ4v) is 2.64. The van der Waals surface area contributed by atoms with Crippen LogP contribution in [0.25, 0.3) is 0 Å². The first kappa shape index (κ1) is 15.8. The second-order valence-corrected chi connectivity index (χ2v) is 5.51. The maximum Gasteiger partial charge on any atom is 0.254 e. The maximum atomic E-state index is 12.6. The van der Waals surface area contributed by atoms with Gasteiger partial charge in [0, 0.05) is 31.0 Å². The summed E-state index contributed by atoms with van der Waals surface area (Å²) in [6, 6.07) is 3.51. The highest BCUT2D eigenvalue weighted by molar-refractivity contribution is 5.95. The molecule has 1 aromatic rings. The number of aryl methyl sites for hydroxylation is 1. The molecule has 2 N–H and O–H groups in total. The van der Waals surface area contributed by atoms with E-state index in [2.05, 4.69) is 11.9 Å². The molecule has 0 bridgehead atoms. The van der Waals surface area contributed by atoms with E-state index in [1.165, 1.54) is 0 Å². The summed E-state index contributed by atoms with van der Waals surface area (Å²) in [5.41, 5.74) is 7.28. The number of pyridine rings is 1. The molecule has 0 aliphatic carbocycles. The third-order valence-corrected chi connectivity index (χ3v) is 3.73. The molecule has 1 amide bonds. The SMILES string of the molecule is CCCOC1CCCN(C(=O)c2cc(N)nc(CC)c2)C1. The van der Waals surface area contributed by atoms with Gasteiger partial charge in [0.25, 0.3) is 5.91 Å². The predicted molar refractivity (Wildman–Crippen MR) is 83.2 cm³/mol. The molecule has 1 unspecified atom stereocenters. The Kier molecular flexibility index (Phi) is 5.56. The van der Waals surface area contributed by atoms with Gasteiger partial charge in [0.15, 0.2) is 0 Å². The molecule has 1 fully saturated rings. The monoisotopic (exact) mass is 291 g/mol. The molecule has 2 heterocycles. The molecule has 5 nitrogen and oxygen atoms in total. The number of carbonyl (C=O) groups is 1. The maximum absolute atomic E-state index is 12.6. The molecular weight excluding hydrogens is 266 g/mol. The lowest BCUT2D eigenvalue weighted by Gasteiger charge is -2.32. The van der Waals surface area contributed by atoms with Crippen LogP contribution in [-0.4, -0.2) is 41.6 Å². The number of nitrogens with two attached hydrogens (primary N) is 1. The van der Waals surface area contributed by atoms with Crippen LogP contribution >= 0.6 is 0 Å². The first-order valence-corrected chi connectivity index (χ1v) is 7.81. The largest absolute Gasteiger partial charge is 0.384 e. The van der Waals surface area contributed by atoms with Crippen LogP contribution < -0.4 is 5.73 Å². The van der Waals surface area contributed by atoms with Crippen LogP contribution in [0.15, 0.2) is 12.1 Å². The number of hydrogen-bond acceptors (Lipinski definition) is 4. The molecule has 0 saturated carbocycles. The Bertz CT molecular complexity index is 490. The normalized spacial score (nSPS) is 18.8. The number of likely N-dealkylation sites (tertiary alicyclic amines) is 1. The molecule has 1 aliphatic heterocycles. The van der Waals surface area contributed by atoms with Gasteiger partial charge in [0.1, 0.15) is 5.82 Å². The van der Waals surface area contributed by atoms with Crippen LogP contribution in [0, 0.1) is 0 Å². The number of anilines is 1. The summed E-state index contributed by atoms with van der Waals surface area (Å²) in [6.45, 7) is 6.31. The number of hydrogen-bond donors (Lipinski definition) is 1. The van der Waals surface area contributed by atoms with Gasteiger partial charge in [-0.05, 0) is 37.8 Å². The lowest BCUT2D eigenvalue weighted by Crippen LogP contribution is -2.43. The molecule has 0 spiro atoms. The smallest absolute Gasteiger partial charge is 0.254 e. The summed E-state index contributed by atoms with van der Waals surface area (Å²) < 4.78 is 5.79. The summed E-state index contributed by atoms with van der Waals surface area (Å²) >= 11 is 0. The van der Waals surface area contributed by atoms with Crippen LogP contribution in [0.2, 0.25) is 0 Å². The van der Waals surface area contributed by atoms with E-state index in [4.69, 9.17) is 10.5 Å². The Morgan fingerprint density at radius 2 is 2.29 bits per heavy atom. The molecule has 2 rings (SSSR count). The van der Waals surface area contributed by atoms with Gasteiger partial charge in [-0.1, -0.05) is 13.8 Å². The van der Waals surface area contributed by atoms with E-state index >= 15 is 0 Å². The number of nitrogen functional groups attached to an aromatic ring is 1. The fourth-order valence-electron chi connectivity index (χ4n) is 2.64. The van der Waals surface area contributed by atoms with Crippen molar-refractivity contribution in [2.75, 3.05) is 25.4 Å². The van der Waals surface area contributed by atoms with Crippen LogP contribution in [0.5, 0.6) is 0 Å². The van der Waals surface area contributed by atoms with E-state index in [1.807, 2.05) is 17.9 Å². The van der Waals surface area contributed by atoms with Gasteiger partial charge in [0.05, 0.1) is 6.10 Å². The zero-order chi connectivity index (χ0) is 15.2. The van der Waals surface area contributed by atoms with Gasteiger partial charge in [-0.15, -0.1) is 0 Å². The first-order chi connectivity index (χ1) is 10.1. The van der Waals surface area contributed by atoms with Crippen molar-refractivity contribution in [3.63, 3.8) is 0 Å². The molecule has 0 radical (unpaired) electrons. The molecule has 1 saturated heterocycles. The van der Waals surface area contributed by atoms with Gasteiger partial charge >= 0.3 is 0 Å². The second-order valence-electron chi connectivity index (χ2n) is 5.51. The van der Waals surface area contributed by atoms with Crippen molar-refractivity contribution in [2.24, 2.45) is 0 Å². The topological polar surface area (TPSA) is 68.5 Å². The van der Waals surface area contributed by atoms with Crippen molar-refractivity contribution in [1.82, 2.24) is 9.88 Å². The highest BCUT2D eigenvalue weighted by Crippen LogP contribution is 2.18. The van der Waals surface area contributed by atoms with Crippen molar-refractivity contribution in [3.8, 4) is 0 Å². The van der Waals surface area contributed by atoms with Crippen molar-refractivity contribution < 1.29 is 9.53 Å². The van der Waals surface area contributed by atoms with Crippen LogP contribution in [0.4, 0.5) is 5.82 Å². The Labute approximate surface area is 126 Å². The average molecular weight is 291 g/mol. The second kappa shape index (κ2) is 7.41. The van der Waals surface area contributed by atoms with Crippen LogP contribution in [0.3, 0.4) is 0 Å². The van der Waals surface area contributed by atoms with E-state index in [0.717, 1.165) is 44.5 Å². The third-order valence-electron chi connectivity index (χ3n) is 3.73. The molecular formula is C16H25N3O2. The summed E-state index contributed by atoms with van der Waals surface area (Å²) in [5, 5.41) is 0. The molecule has 1 aromatic heterocycles. The minimum absolute atomic E-state index is 0.0311. The van der Waals surface area contributed by atoms with E-state index < -0.39 is 0 Å². The molecule has 21 heavy (non-hydrogen) atoms. The Morgan fingerprint density at radius 3 is 3.00 bits per heavy atom. The van der Waals surface area contributed by atoms with Crippen molar-refractivity contribution in [3.05, 3.63) is 23.4 Å². The van der Waals surface area contributed by atoms with Crippen molar-refractivity contribution in [2.45, 2.75) is 45.6 Å². The molecule has 5 heteroatoms. The first-order valence-electron chi connectivity index (χ1n) is 7.81. The number of piperidine rings is 1. The number of nitrogens with zero attached hydrogens (tertiary/aromatic N) is 2. The van der Waals surface area contributed by atoms with Crippen molar-refractivity contribution in [1.29, 1.82) is 0 Å². The lowest BCUT2D eigenvalue weighted by molar-refractivity contribution is 0.00211. The van der Waals surface area contributed by atoms with Gasteiger partial charge in [0.2, 0.25) is 0 Å². The average Bonchev–Trinajstić information content (AvgIpc) is 2.51. The van der Waals surface area contributed by atoms with Gasteiger partial charge in [-0.3, -0.25) is 4.79 Å². The Balaban J connectivity index is 2.06. The fraction of sp³-hybridized carbons (Fsp3) is 0.625. The highest BCUT2D eigenvalue weighted by Gasteiger charge is 2.25. The van der Waals surface area contributed by atoms with E-state index in [0.29, 0.717) is 17.9 Å². The standard InChI is InChI=1S/C16H25N3O2/c1-3-8-21-14-6-5-7-19(11-14)16(20)12-9-13(4-2)18-15(17)10-12/h9-10,14H,3-8,11H2,1-2H3,(H2,17,18). The number of ether oxygens (including phenoxy) is 1. The summed E-state index contributed by atoms with van der Waals surface area (Å²) in [4.78, 5) is 18.7. The molecule has 1 aliphatic rings. The molecule has 116 valence electrons. The minimum Gasteiger partial charge on any atom is -0.384 e. The summed E-state index contributed by atoms with van der Waals surface area (Å²) in [5.74, 6) is 0.442.